The zero-order chi connectivity index (χ0) is 18.0. The maximum atomic E-state index is 10.6. The van der Waals surface area contributed by atoms with Gasteiger partial charge in [-0.15, -0.1) is 0 Å². The second kappa shape index (κ2) is 12.5. The molecule has 1 N–H and O–H groups in total. The van der Waals surface area contributed by atoms with E-state index in [-0.39, 0.29) is 35.3 Å². The van der Waals surface area contributed by atoms with Gasteiger partial charge in [0, 0.05) is 0 Å². The molecule has 0 aliphatic heterocycles. The number of benzene rings is 2. The van der Waals surface area contributed by atoms with Gasteiger partial charge >= 0.3 is 29.6 Å². The summed E-state index contributed by atoms with van der Waals surface area (Å²) >= 11 is 0. The van der Waals surface area contributed by atoms with Gasteiger partial charge in [0.1, 0.15) is 12.4 Å². The van der Waals surface area contributed by atoms with Gasteiger partial charge < -0.3 is 4.74 Å². The summed E-state index contributed by atoms with van der Waals surface area (Å²) in [6, 6.07) is 18.3. The number of hydrogen-bond donors (Lipinski definition) is 1. The second-order valence-corrected chi connectivity index (χ2v) is 7.80. The molecule has 138 valence electrons. The molecule has 0 saturated carbocycles. The Morgan fingerprint density at radius 1 is 0.808 bits per heavy atom. The predicted molar refractivity (Wildman–Crippen MR) is 108 cm³/mol. The normalized spacial score (nSPS) is 11.0. The fraction of sp³-hybridized carbons (Fsp3) is 0.400. The van der Waals surface area contributed by atoms with Crippen LogP contribution in [0, 0.1) is 0 Å². The fourth-order valence-electron chi connectivity index (χ4n) is 2.68. The predicted octanol–water partition coefficient (Wildman–Crippen LogP) is 4.00. The summed E-state index contributed by atoms with van der Waals surface area (Å²) in [6.07, 6.45) is 5.46. The summed E-state index contributed by atoms with van der Waals surface area (Å²) < 4.78 is 35.8. The Bertz CT molecular complexity index is 732. The van der Waals surface area contributed by atoms with Gasteiger partial charge in [-0.25, -0.2) is 0 Å². The molecule has 2 rings (SSSR count). The van der Waals surface area contributed by atoms with Crippen molar-refractivity contribution in [3.63, 3.8) is 0 Å². The van der Waals surface area contributed by atoms with Crippen molar-refractivity contribution >= 4 is 39.7 Å². The molecule has 0 fully saturated rings. The Morgan fingerprint density at radius 2 is 1.46 bits per heavy atom. The molecular weight excluding hydrogens is 359 g/mol. The van der Waals surface area contributed by atoms with Gasteiger partial charge in [-0.2, -0.15) is 8.42 Å². The van der Waals surface area contributed by atoms with Crippen LogP contribution in [0.5, 0.6) is 5.75 Å². The Kier molecular flexibility index (Phi) is 11.2. The molecule has 0 aliphatic rings. The standard InChI is InChI=1S/C20H26O4S.Na.H/c21-25(22,23)15-8-3-1-2-5-10-18-13-9-14-20(16-18)24-17-19-11-6-4-7-12-19;;/h4,6-7,9,11-14,16H,1-3,5,8,10,15,17H2,(H,21,22,23);;. The van der Waals surface area contributed by atoms with Crippen molar-refractivity contribution in [2.45, 2.75) is 45.1 Å². The van der Waals surface area contributed by atoms with Crippen LogP contribution < -0.4 is 4.74 Å². The zero-order valence-electron chi connectivity index (χ0n) is 14.4. The zero-order valence-corrected chi connectivity index (χ0v) is 15.2. The van der Waals surface area contributed by atoms with Crippen molar-refractivity contribution in [2.24, 2.45) is 0 Å². The summed E-state index contributed by atoms with van der Waals surface area (Å²) in [4.78, 5) is 0. The van der Waals surface area contributed by atoms with Crippen molar-refractivity contribution in [1.82, 2.24) is 0 Å². The van der Waals surface area contributed by atoms with Crippen molar-refractivity contribution in [2.75, 3.05) is 5.75 Å². The number of unbranched alkanes of at least 4 members (excludes halogenated alkanes) is 4. The van der Waals surface area contributed by atoms with E-state index in [4.69, 9.17) is 9.29 Å². The molecule has 0 bridgehead atoms. The third-order valence-corrected chi connectivity index (χ3v) is 4.82. The van der Waals surface area contributed by atoms with Crippen LogP contribution in [-0.2, 0) is 23.1 Å². The van der Waals surface area contributed by atoms with Crippen LogP contribution >= 0.6 is 0 Å². The first kappa shape index (κ1) is 23.2. The van der Waals surface area contributed by atoms with Crippen LogP contribution in [0.2, 0.25) is 0 Å². The monoisotopic (exact) mass is 386 g/mol. The summed E-state index contributed by atoms with van der Waals surface area (Å²) in [5.41, 5.74) is 2.40. The van der Waals surface area contributed by atoms with E-state index in [2.05, 4.69) is 12.1 Å². The first-order valence-electron chi connectivity index (χ1n) is 8.74. The maximum absolute atomic E-state index is 10.6. The molecule has 2 aromatic carbocycles. The minimum atomic E-state index is -3.80. The van der Waals surface area contributed by atoms with Crippen LogP contribution in [0.4, 0.5) is 0 Å². The molecule has 0 atom stereocenters. The van der Waals surface area contributed by atoms with E-state index in [0.717, 1.165) is 43.4 Å². The SMILES string of the molecule is O=S(=O)(O)CCCCCCCc1cccc(OCc2ccccc2)c1.[NaH]. The van der Waals surface area contributed by atoms with Crippen LogP contribution in [0.1, 0.15) is 43.2 Å². The average Bonchev–Trinajstić information content (AvgIpc) is 2.59. The topological polar surface area (TPSA) is 63.6 Å². The molecule has 4 nitrogen and oxygen atoms in total. The fourth-order valence-corrected chi connectivity index (χ4v) is 3.24. The number of hydrogen-bond acceptors (Lipinski definition) is 3. The molecule has 6 heteroatoms. The third kappa shape index (κ3) is 10.3. The number of rotatable bonds is 11. The second-order valence-electron chi connectivity index (χ2n) is 6.23. The number of aryl methyl sites for hydroxylation is 1. The van der Waals surface area contributed by atoms with Crippen LogP contribution in [-0.4, -0.2) is 48.3 Å². The van der Waals surface area contributed by atoms with Gasteiger partial charge in [0.25, 0.3) is 10.1 Å². The van der Waals surface area contributed by atoms with Crippen molar-refractivity contribution in [3.05, 3.63) is 65.7 Å². The Morgan fingerprint density at radius 3 is 2.19 bits per heavy atom. The van der Waals surface area contributed by atoms with Crippen LogP contribution in [0.15, 0.2) is 54.6 Å². The molecule has 2 aromatic rings. The summed E-state index contributed by atoms with van der Waals surface area (Å²) in [7, 11) is -3.80. The molecule has 0 aliphatic carbocycles. The van der Waals surface area contributed by atoms with E-state index < -0.39 is 10.1 Å². The average molecular weight is 386 g/mol. The molecule has 0 spiro atoms. The van der Waals surface area contributed by atoms with Crippen molar-refractivity contribution in [1.29, 1.82) is 0 Å². The first-order chi connectivity index (χ1) is 12.0. The number of ether oxygens (including phenoxy) is 1. The molecule has 0 heterocycles. The molecule has 0 radical (unpaired) electrons. The molecular formula is C20H27NaO4S. The van der Waals surface area contributed by atoms with Crippen LogP contribution in [0.3, 0.4) is 0 Å². The third-order valence-electron chi connectivity index (χ3n) is 4.01. The molecule has 0 saturated heterocycles. The van der Waals surface area contributed by atoms with Crippen molar-refractivity contribution in [3.8, 4) is 5.75 Å². The van der Waals surface area contributed by atoms with E-state index in [0.29, 0.717) is 13.0 Å². The molecule has 0 aromatic heterocycles. The summed E-state index contributed by atoms with van der Waals surface area (Å²) in [6.45, 7) is 0.568. The Labute approximate surface area is 179 Å². The Balaban J connectivity index is 0.00000338. The van der Waals surface area contributed by atoms with Gasteiger partial charge in [0.2, 0.25) is 0 Å². The van der Waals surface area contributed by atoms with E-state index >= 15 is 0 Å². The van der Waals surface area contributed by atoms with E-state index in [1.54, 1.807) is 0 Å². The summed E-state index contributed by atoms with van der Waals surface area (Å²) in [5.74, 6) is 0.753. The van der Waals surface area contributed by atoms with Gasteiger partial charge in [-0.1, -0.05) is 61.7 Å². The van der Waals surface area contributed by atoms with Gasteiger partial charge in [0.05, 0.1) is 5.75 Å². The van der Waals surface area contributed by atoms with Crippen LogP contribution in [0.25, 0.3) is 0 Å². The summed E-state index contributed by atoms with van der Waals surface area (Å²) in [5, 5.41) is 0. The molecule has 0 unspecified atom stereocenters. The first-order valence-corrected chi connectivity index (χ1v) is 10.3. The van der Waals surface area contributed by atoms with Gasteiger partial charge in [-0.3, -0.25) is 4.55 Å². The Hall–Kier alpha value is -0.850. The van der Waals surface area contributed by atoms with Crippen molar-refractivity contribution < 1.29 is 17.7 Å². The molecule has 0 amide bonds. The van der Waals surface area contributed by atoms with E-state index in [1.165, 1.54) is 5.56 Å². The van der Waals surface area contributed by atoms with Gasteiger partial charge in [-0.05, 0) is 42.5 Å². The van der Waals surface area contributed by atoms with Gasteiger partial charge in [0.15, 0.2) is 0 Å². The minimum absolute atomic E-state index is 0. The quantitative estimate of drug-likeness (QED) is 0.360. The van der Waals surface area contributed by atoms with E-state index in [1.807, 2.05) is 42.5 Å². The molecule has 26 heavy (non-hydrogen) atoms. The van der Waals surface area contributed by atoms with E-state index in [9.17, 15) is 8.42 Å².